The molecule has 4 nitrogen and oxygen atoms in total. The van der Waals surface area contributed by atoms with Crippen molar-refractivity contribution < 1.29 is 8.42 Å². The molecule has 16 heavy (non-hydrogen) atoms. The Kier molecular flexibility index (Phi) is 3.28. The van der Waals surface area contributed by atoms with Gasteiger partial charge >= 0.3 is 0 Å². The van der Waals surface area contributed by atoms with Gasteiger partial charge in [-0.3, -0.25) is 0 Å². The largest absolute Gasteiger partial charge is 0.313 e. The maximum Gasteiger partial charge on any atom is 0.211 e. The highest BCUT2D eigenvalue weighted by Crippen LogP contribution is 2.23. The number of hydrogen-bond acceptors (Lipinski definition) is 3. The van der Waals surface area contributed by atoms with E-state index >= 15 is 0 Å². The Balaban J connectivity index is 2.31. The predicted octanol–water partition coefficient (Wildman–Crippen LogP) is 0.393. The average Bonchev–Trinajstić information content (AvgIpc) is 2.29. The molecule has 1 aliphatic rings. The first-order valence-corrected chi connectivity index (χ1v) is 7.07. The maximum atomic E-state index is 11.7. The molecule has 1 radical (unpaired) electrons. The van der Waals surface area contributed by atoms with Gasteiger partial charge in [-0.25, -0.2) is 8.42 Å². The van der Waals surface area contributed by atoms with E-state index in [9.17, 15) is 8.42 Å². The van der Waals surface area contributed by atoms with E-state index in [0.29, 0.717) is 19.6 Å². The molecule has 1 saturated heterocycles. The fourth-order valence-electron chi connectivity index (χ4n) is 1.98. The molecule has 1 atom stereocenters. The Morgan fingerprint density at radius 1 is 1.56 bits per heavy atom. The predicted molar refractivity (Wildman–Crippen MR) is 62.4 cm³/mol. The molecule has 87 valence electrons. The van der Waals surface area contributed by atoms with E-state index < -0.39 is 10.0 Å². The molecule has 1 heterocycles. The third-order valence-electron chi connectivity index (χ3n) is 2.74. The lowest BCUT2D eigenvalue weighted by Crippen LogP contribution is -2.48. The molecule has 0 bridgehead atoms. The first kappa shape index (κ1) is 11.6. The summed E-state index contributed by atoms with van der Waals surface area (Å²) in [5.41, 5.74) is 0.986. The molecule has 0 saturated carbocycles. The van der Waals surface area contributed by atoms with Gasteiger partial charge in [0.15, 0.2) is 0 Å². The summed E-state index contributed by atoms with van der Waals surface area (Å²) < 4.78 is 24.9. The molecule has 1 N–H and O–H groups in total. The summed E-state index contributed by atoms with van der Waals surface area (Å²) in [4.78, 5) is 0. The van der Waals surface area contributed by atoms with Crippen LogP contribution < -0.4 is 5.32 Å². The number of hydrogen-bond donors (Lipinski definition) is 1. The summed E-state index contributed by atoms with van der Waals surface area (Å²) >= 11 is 0. The molecule has 2 rings (SSSR count). The number of benzene rings is 1. The first-order chi connectivity index (χ1) is 7.59. The van der Waals surface area contributed by atoms with Gasteiger partial charge in [0.2, 0.25) is 10.0 Å². The number of piperazine rings is 1. The second kappa shape index (κ2) is 4.53. The first-order valence-electron chi connectivity index (χ1n) is 5.22. The van der Waals surface area contributed by atoms with Crippen molar-refractivity contribution in [2.24, 2.45) is 0 Å². The Hall–Kier alpha value is -0.910. The Morgan fingerprint density at radius 2 is 2.38 bits per heavy atom. The minimum Gasteiger partial charge on any atom is -0.313 e. The van der Waals surface area contributed by atoms with Crippen LogP contribution in [0.2, 0.25) is 0 Å². The van der Waals surface area contributed by atoms with Gasteiger partial charge in [0.25, 0.3) is 0 Å². The fourth-order valence-corrected chi connectivity index (χ4v) is 3.06. The van der Waals surface area contributed by atoms with Crippen LogP contribution in [0.4, 0.5) is 0 Å². The van der Waals surface area contributed by atoms with Crippen LogP contribution in [-0.2, 0) is 10.0 Å². The minimum atomic E-state index is -3.14. The highest BCUT2D eigenvalue weighted by molar-refractivity contribution is 7.88. The zero-order valence-corrected chi connectivity index (χ0v) is 10.00. The van der Waals surface area contributed by atoms with Crippen molar-refractivity contribution in [1.29, 1.82) is 0 Å². The molecule has 0 amide bonds. The molecule has 0 aliphatic carbocycles. The topological polar surface area (TPSA) is 49.4 Å². The van der Waals surface area contributed by atoms with E-state index in [0.717, 1.165) is 5.56 Å². The quantitative estimate of drug-likeness (QED) is 0.812. The molecule has 1 aliphatic heterocycles. The van der Waals surface area contributed by atoms with Crippen LogP contribution in [0, 0.1) is 6.07 Å². The molecule has 1 aromatic rings. The van der Waals surface area contributed by atoms with Crippen LogP contribution in [-0.4, -0.2) is 38.6 Å². The van der Waals surface area contributed by atoms with Crippen LogP contribution in [0.3, 0.4) is 0 Å². The van der Waals surface area contributed by atoms with Crippen LogP contribution in [0.25, 0.3) is 0 Å². The van der Waals surface area contributed by atoms with Crippen molar-refractivity contribution in [1.82, 2.24) is 9.62 Å². The third kappa shape index (κ3) is 2.42. The van der Waals surface area contributed by atoms with Crippen molar-refractivity contribution in [3.8, 4) is 0 Å². The van der Waals surface area contributed by atoms with E-state index in [2.05, 4.69) is 11.4 Å². The average molecular weight is 239 g/mol. The molecular formula is C11H15N2O2S. The van der Waals surface area contributed by atoms with E-state index in [-0.39, 0.29) is 6.04 Å². The van der Waals surface area contributed by atoms with E-state index in [1.54, 1.807) is 4.31 Å². The highest BCUT2D eigenvalue weighted by atomic mass is 32.2. The van der Waals surface area contributed by atoms with Gasteiger partial charge in [-0.1, -0.05) is 18.2 Å². The van der Waals surface area contributed by atoms with E-state index in [4.69, 9.17) is 0 Å². The molecule has 1 unspecified atom stereocenters. The van der Waals surface area contributed by atoms with Crippen molar-refractivity contribution in [2.45, 2.75) is 6.04 Å². The highest BCUT2D eigenvalue weighted by Gasteiger charge is 2.29. The van der Waals surface area contributed by atoms with Crippen LogP contribution in [0.5, 0.6) is 0 Å². The molecule has 5 heteroatoms. The summed E-state index contributed by atoms with van der Waals surface area (Å²) in [6, 6.07) is 10.3. The SMILES string of the molecule is CS(=O)(=O)N1CCNCC1c1c[c]ccc1. The van der Waals surface area contributed by atoms with Crippen molar-refractivity contribution in [3.05, 3.63) is 35.9 Å². The number of nitrogens with zero attached hydrogens (tertiary/aromatic N) is 1. The summed E-state index contributed by atoms with van der Waals surface area (Å²) in [6.07, 6.45) is 1.26. The van der Waals surface area contributed by atoms with Crippen molar-refractivity contribution >= 4 is 10.0 Å². The summed E-state index contributed by atoms with van der Waals surface area (Å²) in [6.45, 7) is 1.89. The molecular weight excluding hydrogens is 224 g/mol. The molecule has 0 aromatic heterocycles. The van der Waals surface area contributed by atoms with Crippen molar-refractivity contribution in [2.75, 3.05) is 25.9 Å². The zero-order chi connectivity index (χ0) is 11.6. The summed E-state index contributed by atoms with van der Waals surface area (Å²) in [5, 5.41) is 3.22. The second-order valence-corrected chi connectivity index (χ2v) is 5.87. The smallest absolute Gasteiger partial charge is 0.211 e. The van der Waals surface area contributed by atoms with Gasteiger partial charge in [0, 0.05) is 19.6 Å². The Labute approximate surface area is 96.3 Å². The fraction of sp³-hybridized carbons (Fsp3) is 0.455. The lowest BCUT2D eigenvalue weighted by molar-refractivity contribution is 0.273. The van der Waals surface area contributed by atoms with Gasteiger partial charge < -0.3 is 5.32 Å². The van der Waals surface area contributed by atoms with Gasteiger partial charge in [-0.2, -0.15) is 4.31 Å². The number of rotatable bonds is 2. The van der Waals surface area contributed by atoms with Gasteiger partial charge in [0.1, 0.15) is 0 Å². The van der Waals surface area contributed by atoms with Gasteiger partial charge in [0.05, 0.1) is 12.3 Å². The van der Waals surface area contributed by atoms with Crippen molar-refractivity contribution in [3.63, 3.8) is 0 Å². The Bertz CT molecular complexity index is 444. The standard InChI is InChI=1S/C11H15N2O2S/c1-16(14,15)13-8-7-12-9-11(13)10-5-3-2-4-6-10/h2-3,5-6,11-12H,7-9H2,1H3. The second-order valence-electron chi connectivity index (χ2n) is 3.93. The molecule has 1 aromatic carbocycles. The minimum absolute atomic E-state index is 0.110. The molecule has 1 fully saturated rings. The lowest BCUT2D eigenvalue weighted by Gasteiger charge is -2.34. The zero-order valence-electron chi connectivity index (χ0n) is 9.18. The van der Waals surface area contributed by atoms with Gasteiger partial charge in [-0.05, 0) is 17.7 Å². The van der Waals surface area contributed by atoms with Crippen LogP contribution in [0.15, 0.2) is 24.3 Å². The van der Waals surface area contributed by atoms with Gasteiger partial charge in [-0.15, -0.1) is 0 Å². The summed E-state index contributed by atoms with van der Waals surface area (Å²) in [5.74, 6) is 0. The number of nitrogens with one attached hydrogen (secondary N) is 1. The normalized spacial score (nSPS) is 23.2. The van der Waals surface area contributed by atoms with E-state index in [1.807, 2.05) is 24.3 Å². The maximum absolute atomic E-state index is 11.7. The van der Waals surface area contributed by atoms with Crippen LogP contribution in [0.1, 0.15) is 11.6 Å². The van der Waals surface area contributed by atoms with Crippen LogP contribution >= 0.6 is 0 Å². The van der Waals surface area contributed by atoms with E-state index in [1.165, 1.54) is 6.26 Å². The summed E-state index contributed by atoms with van der Waals surface area (Å²) in [7, 11) is -3.14. The lowest BCUT2D eigenvalue weighted by atomic mass is 10.1. The molecule has 0 spiro atoms. The third-order valence-corrected chi connectivity index (χ3v) is 4.03. The Morgan fingerprint density at radius 3 is 3.00 bits per heavy atom. The number of sulfonamides is 1. The monoisotopic (exact) mass is 239 g/mol.